The van der Waals surface area contributed by atoms with Crippen LogP contribution in [-0.4, -0.2) is 28.1 Å². The number of halogens is 3. The molecule has 2 aromatic carbocycles. The summed E-state index contributed by atoms with van der Waals surface area (Å²) in [6, 6.07) is 8.70. The van der Waals surface area contributed by atoms with E-state index in [4.69, 9.17) is 5.21 Å². The van der Waals surface area contributed by atoms with Crippen molar-refractivity contribution in [3.8, 4) is 5.75 Å². The van der Waals surface area contributed by atoms with Crippen molar-refractivity contribution in [3.63, 3.8) is 0 Å². The lowest BCUT2D eigenvalue weighted by Crippen LogP contribution is -2.29. The molecule has 1 aliphatic heterocycles. The largest absolute Gasteiger partial charge is 0.573 e. The van der Waals surface area contributed by atoms with Gasteiger partial charge in [-0.3, -0.25) is 14.9 Å². The lowest BCUT2D eigenvalue weighted by molar-refractivity contribution is -0.384. The van der Waals surface area contributed by atoms with Crippen LogP contribution in [0.1, 0.15) is 11.1 Å². The Morgan fingerprint density at radius 1 is 1.22 bits per heavy atom. The van der Waals surface area contributed by atoms with E-state index in [-0.39, 0.29) is 23.5 Å². The lowest BCUT2D eigenvalue weighted by atomic mass is 10.1. The average Bonchev–Trinajstić information content (AvgIpc) is 2.84. The monoisotopic (exact) mass is 381 g/mol. The SMILES string of the molecule is O=C1/C(=N\O)c2cc(OC(F)(F)F)ccc2N1Cc1cccc([N+](=O)[O-])c1. The molecule has 0 saturated carbocycles. The number of ether oxygens (including phenoxy) is 1. The van der Waals surface area contributed by atoms with Crippen LogP contribution in [0.2, 0.25) is 0 Å². The summed E-state index contributed by atoms with van der Waals surface area (Å²) in [5.41, 5.74) is -0.0748. The van der Waals surface area contributed by atoms with E-state index in [1.54, 1.807) is 6.07 Å². The normalized spacial score (nSPS) is 15.1. The second kappa shape index (κ2) is 6.59. The van der Waals surface area contributed by atoms with Crippen LogP contribution in [0.15, 0.2) is 47.6 Å². The Balaban J connectivity index is 1.96. The molecule has 8 nitrogen and oxygen atoms in total. The lowest BCUT2D eigenvalue weighted by Gasteiger charge is -2.17. The van der Waals surface area contributed by atoms with Crippen LogP contribution in [0, 0.1) is 10.1 Å². The summed E-state index contributed by atoms with van der Waals surface area (Å²) < 4.78 is 41.0. The zero-order chi connectivity index (χ0) is 19.8. The number of non-ortho nitro benzene ring substituents is 1. The number of benzene rings is 2. The van der Waals surface area contributed by atoms with Crippen molar-refractivity contribution in [2.75, 3.05) is 4.90 Å². The minimum absolute atomic E-state index is 0.0466. The molecular weight excluding hydrogens is 371 g/mol. The summed E-state index contributed by atoms with van der Waals surface area (Å²) in [5.74, 6) is -1.34. The third kappa shape index (κ3) is 3.66. The van der Waals surface area contributed by atoms with E-state index in [1.807, 2.05) is 0 Å². The number of nitro benzene ring substituents is 1. The first kappa shape index (κ1) is 18.2. The first-order valence-electron chi connectivity index (χ1n) is 7.37. The molecule has 1 aliphatic rings. The number of rotatable bonds is 4. The second-order valence-corrected chi connectivity index (χ2v) is 5.49. The number of alkyl halides is 3. The number of fused-ring (bicyclic) bond motifs is 1. The number of amides is 1. The van der Waals surface area contributed by atoms with Crippen molar-refractivity contribution in [1.82, 2.24) is 0 Å². The summed E-state index contributed by atoms with van der Waals surface area (Å²) in [6.07, 6.45) is -4.92. The maximum Gasteiger partial charge on any atom is 0.573 e. The number of anilines is 1. The fourth-order valence-electron chi connectivity index (χ4n) is 2.69. The summed E-state index contributed by atoms with van der Waals surface area (Å²) in [6.45, 7) is -0.105. The fourth-order valence-corrected chi connectivity index (χ4v) is 2.69. The van der Waals surface area contributed by atoms with Gasteiger partial charge in [0.1, 0.15) is 5.75 Å². The molecule has 2 aromatic rings. The molecule has 0 bridgehead atoms. The Hall–Kier alpha value is -3.63. The van der Waals surface area contributed by atoms with Gasteiger partial charge in [-0.05, 0) is 23.8 Å². The number of hydrogen-bond donors (Lipinski definition) is 1. The molecule has 0 fully saturated rings. The van der Waals surface area contributed by atoms with Crippen molar-refractivity contribution in [2.45, 2.75) is 12.9 Å². The van der Waals surface area contributed by atoms with Crippen molar-refractivity contribution in [1.29, 1.82) is 0 Å². The van der Waals surface area contributed by atoms with Crippen molar-refractivity contribution in [3.05, 3.63) is 63.7 Å². The molecule has 0 atom stereocenters. The van der Waals surface area contributed by atoms with Crippen molar-refractivity contribution < 1.29 is 32.8 Å². The van der Waals surface area contributed by atoms with E-state index < -0.39 is 28.7 Å². The van der Waals surface area contributed by atoms with Gasteiger partial charge < -0.3 is 14.8 Å². The van der Waals surface area contributed by atoms with E-state index in [9.17, 15) is 28.1 Å². The topological polar surface area (TPSA) is 105 Å². The molecule has 140 valence electrons. The van der Waals surface area contributed by atoms with Gasteiger partial charge in [-0.25, -0.2) is 0 Å². The van der Waals surface area contributed by atoms with E-state index >= 15 is 0 Å². The molecule has 0 unspecified atom stereocenters. The average molecular weight is 381 g/mol. The van der Waals surface area contributed by atoms with Gasteiger partial charge in [0.15, 0.2) is 5.71 Å². The molecule has 1 N–H and O–H groups in total. The van der Waals surface area contributed by atoms with Crippen LogP contribution in [0.5, 0.6) is 5.75 Å². The third-order valence-electron chi connectivity index (χ3n) is 3.76. The zero-order valence-electron chi connectivity index (χ0n) is 13.3. The van der Waals surface area contributed by atoms with Crippen molar-refractivity contribution >= 4 is 23.0 Å². The van der Waals surface area contributed by atoms with Gasteiger partial charge >= 0.3 is 6.36 Å². The van der Waals surface area contributed by atoms with Gasteiger partial charge in [-0.1, -0.05) is 17.3 Å². The molecule has 0 saturated heterocycles. The fraction of sp³-hybridized carbons (Fsp3) is 0.125. The molecule has 1 heterocycles. The summed E-state index contributed by atoms with van der Waals surface area (Å²) in [4.78, 5) is 23.9. The molecule has 0 radical (unpaired) electrons. The predicted octanol–water partition coefficient (Wildman–Crippen LogP) is 3.22. The number of oxime groups is 1. The van der Waals surface area contributed by atoms with Crippen LogP contribution < -0.4 is 9.64 Å². The van der Waals surface area contributed by atoms with Crippen LogP contribution >= 0.6 is 0 Å². The first-order chi connectivity index (χ1) is 12.7. The predicted molar refractivity (Wildman–Crippen MR) is 85.7 cm³/mol. The van der Waals surface area contributed by atoms with E-state index in [1.165, 1.54) is 24.3 Å². The minimum Gasteiger partial charge on any atom is -0.410 e. The zero-order valence-corrected chi connectivity index (χ0v) is 13.3. The van der Waals surface area contributed by atoms with E-state index in [0.717, 1.165) is 17.0 Å². The standard InChI is InChI=1S/C16H10F3N3O5/c17-16(18,19)27-11-4-5-13-12(7-11)14(20-24)15(23)21(13)8-9-2-1-3-10(6-9)22(25)26/h1-7,24H,8H2/b20-14-. The number of hydrogen-bond acceptors (Lipinski definition) is 6. The smallest absolute Gasteiger partial charge is 0.410 e. The van der Waals surface area contributed by atoms with Gasteiger partial charge in [-0.15, -0.1) is 13.2 Å². The molecule has 0 aliphatic carbocycles. The molecular formula is C16H10F3N3O5. The Morgan fingerprint density at radius 2 is 1.96 bits per heavy atom. The van der Waals surface area contributed by atoms with Gasteiger partial charge in [-0.2, -0.15) is 0 Å². The molecule has 3 rings (SSSR count). The minimum atomic E-state index is -4.92. The van der Waals surface area contributed by atoms with Gasteiger partial charge in [0.2, 0.25) is 0 Å². The van der Waals surface area contributed by atoms with E-state index in [2.05, 4.69) is 9.89 Å². The van der Waals surface area contributed by atoms with Gasteiger partial charge in [0.25, 0.3) is 11.6 Å². The summed E-state index contributed by atoms with van der Waals surface area (Å²) in [7, 11) is 0. The highest BCUT2D eigenvalue weighted by Crippen LogP contribution is 2.35. The Kier molecular flexibility index (Phi) is 4.44. The summed E-state index contributed by atoms with van der Waals surface area (Å²) >= 11 is 0. The quantitative estimate of drug-likeness (QED) is 0.497. The Labute approximate surface area is 149 Å². The van der Waals surface area contributed by atoms with Crippen LogP contribution in [0.25, 0.3) is 0 Å². The molecule has 0 aromatic heterocycles. The number of carbonyl (C=O) groups is 1. The van der Waals surface area contributed by atoms with Crippen LogP contribution in [-0.2, 0) is 11.3 Å². The van der Waals surface area contributed by atoms with Gasteiger partial charge in [0, 0.05) is 17.7 Å². The van der Waals surface area contributed by atoms with Gasteiger partial charge in [0.05, 0.1) is 17.2 Å². The maximum atomic E-state index is 12.5. The highest BCUT2D eigenvalue weighted by molar-refractivity contribution is 6.54. The van der Waals surface area contributed by atoms with Crippen molar-refractivity contribution in [2.24, 2.45) is 5.16 Å². The Bertz CT molecular complexity index is 959. The second-order valence-electron chi connectivity index (χ2n) is 5.49. The highest BCUT2D eigenvalue weighted by atomic mass is 19.4. The van der Waals surface area contributed by atoms with E-state index in [0.29, 0.717) is 5.56 Å². The van der Waals surface area contributed by atoms with Crippen LogP contribution in [0.3, 0.4) is 0 Å². The number of nitrogens with zero attached hydrogens (tertiary/aromatic N) is 3. The number of carbonyl (C=O) groups excluding carboxylic acids is 1. The third-order valence-corrected chi connectivity index (χ3v) is 3.76. The number of nitro groups is 1. The maximum absolute atomic E-state index is 12.5. The molecule has 1 amide bonds. The molecule has 11 heteroatoms. The summed E-state index contributed by atoms with van der Waals surface area (Å²) in [5, 5.41) is 22.8. The highest BCUT2D eigenvalue weighted by Gasteiger charge is 2.37. The molecule has 0 spiro atoms. The Morgan fingerprint density at radius 3 is 2.59 bits per heavy atom. The molecule has 27 heavy (non-hydrogen) atoms. The first-order valence-corrected chi connectivity index (χ1v) is 7.37. The van der Waals surface area contributed by atoms with Crippen LogP contribution in [0.4, 0.5) is 24.5 Å².